The maximum atomic E-state index is 11.4. The molecule has 1 atom stereocenters. The zero-order chi connectivity index (χ0) is 13.9. The predicted molar refractivity (Wildman–Crippen MR) is 77.4 cm³/mol. The molecule has 0 amide bonds. The number of carbonyl (C=O) groups is 1. The summed E-state index contributed by atoms with van der Waals surface area (Å²) in [7, 11) is 0. The van der Waals surface area contributed by atoms with E-state index in [1.165, 1.54) is 0 Å². The second-order valence-corrected chi connectivity index (χ2v) is 5.31. The minimum atomic E-state index is -0.710. The fourth-order valence-corrected chi connectivity index (χ4v) is 2.97. The van der Waals surface area contributed by atoms with Crippen LogP contribution >= 0.6 is 0 Å². The Balaban J connectivity index is 1.90. The molecule has 104 valence electrons. The number of nitrogens with zero attached hydrogens (tertiary/aromatic N) is 2. The zero-order valence-corrected chi connectivity index (χ0v) is 11.3. The van der Waals surface area contributed by atoms with Crippen LogP contribution < -0.4 is 0 Å². The molecule has 1 aromatic carbocycles. The molecular formula is C16H18N2O2. The third-order valence-corrected chi connectivity index (χ3v) is 3.99. The molecule has 4 nitrogen and oxygen atoms in total. The molecule has 1 saturated heterocycles. The molecule has 1 N–H and O–H groups in total. The zero-order valence-electron chi connectivity index (χ0n) is 11.3. The van der Waals surface area contributed by atoms with Crippen molar-refractivity contribution < 1.29 is 9.90 Å². The molecule has 1 unspecified atom stereocenters. The number of hydrogen-bond acceptors (Lipinski definition) is 3. The van der Waals surface area contributed by atoms with E-state index in [4.69, 9.17) is 0 Å². The number of aliphatic carboxylic acids is 1. The summed E-state index contributed by atoms with van der Waals surface area (Å²) in [5.41, 5.74) is 2.08. The van der Waals surface area contributed by atoms with Gasteiger partial charge in [0.1, 0.15) is 6.04 Å². The molecule has 20 heavy (non-hydrogen) atoms. The van der Waals surface area contributed by atoms with E-state index in [0.717, 1.165) is 42.3 Å². The molecule has 1 fully saturated rings. The van der Waals surface area contributed by atoms with Crippen molar-refractivity contribution in [3.8, 4) is 0 Å². The van der Waals surface area contributed by atoms with Gasteiger partial charge in [0, 0.05) is 18.1 Å². The largest absolute Gasteiger partial charge is 0.480 e. The number of fused-ring (bicyclic) bond motifs is 1. The first-order valence-corrected chi connectivity index (χ1v) is 7.05. The predicted octanol–water partition coefficient (Wildman–Crippen LogP) is 2.67. The number of piperidine rings is 1. The third-order valence-electron chi connectivity index (χ3n) is 3.99. The Labute approximate surface area is 118 Å². The second-order valence-electron chi connectivity index (χ2n) is 5.31. The van der Waals surface area contributed by atoms with E-state index < -0.39 is 5.97 Å². The van der Waals surface area contributed by atoms with E-state index in [9.17, 15) is 9.90 Å². The number of aromatic nitrogens is 1. The molecule has 1 aromatic heterocycles. The summed E-state index contributed by atoms with van der Waals surface area (Å²) in [6, 6.07) is 9.70. The first kappa shape index (κ1) is 13.1. The fourth-order valence-electron chi connectivity index (χ4n) is 2.97. The van der Waals surface area contributed by atoms with E-state index in [1.54, 1.807) is 6.20 Å². The monoisotopic (exact) mass is 270 g/mol. The highest BCUT2D eigenvalue weighted by molar-refractivity contribution is 5.81. The van der Waals surface area contributed by atoms with Gasteiger partial charge in [-0.3, -0.25) is 14.7 Å². The molecule has 0 bridgehead atoms. The van der Waals surface area contributed by atoms with Crippen LogP contribution in [0.1, 0.15) is 24.8 Å². The summed E-state index contributed by atoms with van der Waals surface area (Å²) in [5, 5.41) is 10.4. The number of carboxylic acid groups (broad SMARTS) is 1. The minimum absolute atomic E-state index is 0.359. The SMILES string of the molecule is O=C(O)C1CCCCN1Cc1cccc2cccnc12. The van der Waals surface area contributed by atoms with Gasteiger partial charge in [-0.2, -0.15) is 0 Å². The average Bonchev–Trinajstić information content (AvgIpc) is 2.48. The molecular weight excluding hydrogens is 252 g/mol. The molecule has 2 aromatic rings. The molecule has 1 aliphatic rings. The highest BCUT2D eigenvalue weighted by atomic mass is 16.4. The summed E-state index contributed by atoms with van der Waals surface area (Å²) in [6.45, 7) is 1.51. The summed E-state index contributed by atoms with van der Waals surface area (Å²) >= 11 is 0. The lowest BCUT2D eigenvalue weighted by Gasteiger charge is -2.33. The van der Waals surface area contributed by atoms with Gasteiger partial charge >= 0.3 is 5.97 Å². The summed E-state index contributed by atoms with van der Waals surface area (Å²) < 4.78 is 0. The topological polar surface area (TPSA) is 53.4 Å². The summed E-state index contributed by atoms with van der Waals surface area (Å²) in [6.07, 6.45) is 4.60. The Morgan fingerprint density at radius 3 is 3.00 bits per heavy atom. The standard InChI is InChI=1S/C16H18N2O2/c19-16(20)14-8-1-2-10-18(14)11-13-6-3-5-12-7-4-9-17-15(12)13/h3-7,9,14H,1-2,8,10-11H2,(H,19,20). The molecule has 0 saturated carbocycles. The number of carboxylic acids is 1. The van der Waals surface area contributed by atoms with Crippen molar-refractivity contribution in [3.05, 3.63) is 42.1 Å². The van der Waals surface area contributed by atoms with Crippen LogP contribution in [0.15, 0.2) is 36.5 Å². The van der Waals surface area contributed by atoms with E-state index in [-0.39, 0.29) is 6.04 Å². The molecule has 2 heterocycles. The van der Waals surface area contributed by atoms with E-state index in [2.05, 4.69) is 9.88 Å². The van der Waals surface area contributed by atoms with Gasteiger partial charge in [-0.25, -0.2) is 0 Å². The van der Waals surface area contributed by atoms with Crippen molar-refractivity contribution in [2.75, 3.05) is 6.54 Å². The lowest BCUT2D eigenvalue weighted by atomic mass is 10.0. The van der Waals surface area contributed by atoms with Crippen LogP contribution in [-0.2, 0) is 11.3 Å². The van der Waals surface area contributed by atoms with Gasteiger partial charge in [0.15, 0.2) is 0 Å². The Hall–Kier alpha value is -1.94. The Morgan fingerprint density at radius 2 is 2.15 bits per heavy atom. The quantitative estimate of drug-likeness (QED) is 0.931. The van der Waals surface area contributed by atoms with Crippen LogP contribution in [0.4, 0.5) is 0 Å². The number of para-hydroxylation sites is 1. The second kappa shape index (κ2) is 5.59. The highest BCUT2D eigenvalue weighted by Gasteiger charge is 2.28. The number of benzene rings is 1. The van der Waals surface area contributed by atoms with Gasteiger partial charge in [0.05, 0.1) is 5.52 Å². The molecule has 0 radical (unpaired) electrons. The van der Waals surface area contributed by atoms with Gasteiger partial charge in [-0.15, -0.1) is 0 Å². The number of likely N-dealkylation sites (tertiary alicyclic amines) is 1. The summed E-state index contributed by atoms with van der Waals surface area (Å²) in [5.74, 6) is -0.710. The number of rotatable bonds is 3. The van der Waals surface area contributed by atoms with Crippen LogP contribution in [0, 0.1) is 0 Å². The molecule has 0 spiro atoms. The molecule has 0 aliphatic carbocycles. The van der Waals surface area contributed by atoms with Gasteiger partial charge in [0.25, 0.3) is 0 Å². The average molecular weight is 270 g/mol. The first-order chi connectivity index (χ1) is 9.75. The normalized spacial score (nSPS) is 20.1. The maximum Gasteiger partial charge on any atom is 0.320 e. The van der Waals surface area contributed by atoms with Crippen molar-refractivity contribution in [1.29, 1.82) is 0 Å². The Bertz CT molecular complexity index is 621. The maximum absolute atomic E-state index is 11.4. The minimum Gasteiger partial charge on any atom is -0.480 e. The number of hydrogen-bond donors (Lipinski definition) is 1. The lowest BCUT2D eigenvalue weighted by Crippen LogP contribution is -2.44. The van der Waals surface area contributed by atoms with Crippen LogP contribution in [0.5, 0.6) is 0 Å². The van der Waals surface area contributed by atoms with Gasteiger partial charge in [-0.1, -0.05) is 30.7 Å². The Kier molecular flexibility index (Phi) is 3.65. The molecule has 4 heteroatoms. The molecule has 1 aliphatic heterocycles. The smallest absolute Gasteiger partial charge is 0.320 e. The fraction of sp³-hybridized carbons (Fsp3) is 0.375. The Morgan fingerprint density at radius 1 is 1.30 bits per heavy atom. The first-order valence-electron chi connectivity index (χ1n) is 7.05. The van der Waals surface area contributed by atoms with Crippen molar-refractivity contribution >= 4 is 16.9 Å². The van der Waals surface area contributed by atoms with Crippen LogP contribution in [-0.4, -0.2) is 33.5 Å². The van der Waals surface area contributed by atoms with Crippen LogP contribution in [0.25, 0.3) is 10.9 Å². The van der Waals surface area contributed by atoms with Crippen molar-refractivity contribution in [1.82, 2.24) is 9.88 Å². The van der Waals surface area contributed by atoms with E-state index in [0.29, 0.717) is 6.54 Å². The lowest BCUT2D eigenvalue weighted by molar-refractivity contribution is -0.144. The van der Waals surface area contributed by atoms with Gasteiger partial charge in [0.2, 0.25) is 0 Å². The number of pyridine rings is 1. The van der Waals surface area contributed by atoms with Crippen LogP contribution in [0.2, 0.25) is 0 Å². The van der Waals surface area contributed by atoms with E-state index >= 15 is 0 Å². The summed E-state index contributed by atoms with van der Waals surface area (Å²) in [4.78, 5) is 17.9. The molecule has 3 rings (SSSR count). The highest BCUT2D eigenvalue weighted by Crippen LogP contribution is 2.23. The van der Waals surface area contributed by atoms with Crippen molar-refractivity contribution in [2.24, 2.45) is 0 Å². The van der Waals surface area contributed by atoms with Gasteiger partial charge in [-0.05, 0) is 31.0 Å². The van der Waals surface area contributed by atoms with Crippen molar-refractivity contribution in [2.45, 2.75) is 31.8 Å². The van der Waals surface area contributed by atoms with Crippen molar-refractivity contribution in [3.63, 3.8) is 0 Å². The third kappa shape index (κ3) is 2.51. The van der Waals surface area contributed by atoms with Gasteiger partial charge < -0.3 is 5.11 Å². The van der Waals surface area contributed by atoms with E-state index in [1.807, 2.05) is 30.3 Å². The van der Waals surface area contributed by atoms with Crippen LogP contribution in [0.3, 0.4) is 0 Å².